The first-order chi connectivity index (χ1) is 36.0. The lowest BCUT2D eigenvalue weighted by atomic mass is 10.0. The average Bonchev–Trinajstić information content (AvgIpc) is 3.39. The Morgan fingerprint density at radius 2 is 0.534 bits per heavy atom. The summed E-state index contributed by atoms with van der Waals surface area (Å²) in [6, 6.07) is 0. The van der Waals surface area contributed by atoms with Crippen molar-refractivity contribution in [2.45, 2.75) is 284 Å². The second-order valence-electron chi connectivity index (χ2n) is 19.8. The van der Waals surface area contributed by atoms with Crippen LogP contribution in [0.5, 0.6) is 0 Å². The van der Waals surface area contributed by atoms with Crippen LogP contribution in [0.4, 0.5) is 0 Å². The number of unbranched alkanes of at least 4 members (excludes halogenated alkanes) is 25. The van der Waals surface area contributed by atoms with Crippen molar-refractivity contribution < 1.29 is 28.6 Å². The van der Waals surface area contributed by atoms with Crippen LogP contribution in [-0.4, -0.2) is 37.2 Å². The van der Waals surface area contributed by atoms with Crippen LogP contribution in [-0.2, 0) is 28.6 Å². The Morgan fingerprint density at radius 3 is 0.849 bits per heavy atom. The fourth-order valence-corrected chi connectivity index (χ4v) is 8.24. The van der Waals surface area contributed by atoms with Gasteiger partial charge in [0.05, 0.1) is 0 Å². The predicted octanol–water partition coefficient (Wildman–Crippen LogP) is 20.7. The maximum Gasteiger partial charge on any atom is 0.306 e. The highest BCUT2D eigenvalue weighted by Gasteiger charge is 2.19. The third-order valence-electron chi connectivity index (χ3n) is 12.7. The molecule has 0 saturated heterocycles. The standard InChI is InChI=1S/C67H112O6/c1-4-7-10-13-16-19-22-25-27-29-30-31-32-33-34-35-36-38-39-42-45-48-51-54-57-60-66(69)72-63-64(62-71-65(68)59-56-53-50-47-44-41-24-21-18-15-12-9-6-3)73-67(70)61-58-55-52-49-46-43-40-37-28-26-23-20-17-14-11-8-5-2/h8-9,11-12,17-18,20-22,25-26,28-30,40-41,43-44,64H,4-7,10,13-16,19,23-24,27,31-39,42,45-63H2,1-3H3/b11-8-,12-9-,20-17-,21-18-,25-22-,28-26-,30-29-,43-40-,44-41-. The van der Waals surface area contributed by atoms with Crippen LogP contribution in [0.1, 0.15) is 278 Å². The van der Waals surface area contributed by atoms with Gasteiger partial charge in [-0.1, -0.05) is 246 Å². The number of allylic oxidation sites excluding steroid dienone is 18. The van der Waals surface area contributed by atoms with E-state index in [0.29, 0.717) is 19.3 Å². The van der Waals surface area contributed by atoms with Crippen molar-refractivity contribution in [1.29, 1.82) is 0 Å². The first-order valence-corrected chi connectivity index (χ1v) is 30.4. The van der Waals surface area contributed by atoms with Gasteiger partial charge in [0.25, 0.3) is 0 Å². The summed E-state index contributed by atoms with van der Waals surface area (Å²) < 4.78 is 16.8. The molecule has 0 radical (unpaired) electrons. The molecule has 0 saturated carbocycles. The number of carbonyl (C=O) groups is 3. The van der Waals surface area contributed by atoms with Crippen LogP contribution in [0.15, 0.2) is 109 Å². The van der Waals surface area contributed by atoms with E-state index in [1.54, 1.807) is 0 Å². The number of carbonyl (C=O) groups excluding carboxylic acids is 3. The Labute approximate surface area is 450 Å². The average molecular weight is 1010 g/mol. The summed E-state index contributed by atoms with van der Waals surface area (Å²) >= 11 is 0. The molecule has 0 amide bonds. The van der Waals surface area contributed by atoms with Crippen molar-refractivity contribution >= 4 is 17.9 Å². The van der Waals surface area contributed by atoms with Gasteiger partial charge in [-0.25, -0.2) is 0 Å². The smallest absolute Gasteiger partial charge is 0.306 e. The van der Waals surface area contributed by atoms with E-state index < -0.39 is 6.10 Å². The molecular formula is C67H112O6. The van der Waals surface area contributed by atoms with Crippen LogP contribution in [0.3, 0.4) is 0 Å². The van der Waals surface area contributed by atoms with Gasteiger partial charge in [0.15, 0.2) is 6.10 Å². The molecule has 0 N–H and O–H groups in total. The predicted molar refractivity (Wildman–Crippen MR) is 316 cm³/mol. The van der Waals surface area contributed by atoms with Crippen molar-refractivity contribution in [3.05, 3.63) is 109 Å². The third kappa shape index (κ3) is 58.8. The van der Waals surface area contributed by atoms with E-state index in [4.69, 9.17) is 14.2 Å². The summed E-state index contributed by atoms with van der Waals surface area (Å²) in [4.78, 5) is 38.2. The van der Waals surface area contributed by atoms with Crippen molar-refractivity contribution in [1.82, 2.24) is 0 Å². The lowest BCUT2D eigenvalue weighted by molar-refractivity contribution is -0.167. The van der Waals surface area contributed by atoms with Gasteiger partial charge >= 0.3 is 17.9 Å². The van der Waals surface area contributed by atoms with E-state index in [-0.39, 0.29) is 31.1 Å². The van der Waals surface area contributed by atoms with Crippen LogP contribution < -0.4 is 0 Å². The number of hydrogen-bond donors (Lipinski definition) is 0. The molecule has 0 rings (SSSR count). The molecule has 0 aliphatic heterocycles. The van der Waals surface area contributed by atoms with Crippen molar-refractivity contribution in [3.63, 3.8) is 0 Å². The normalized spacial score (nSPS) is 12.9. The van der Waals surface area contributed by atoms with Crippen LogP contribution >= 0.6 is 0 Å². The number of rotatable bonds is 54. The Hall–Kier alpha value is -3.93. The Balaban J connectivity index is 4.35. The minimum Gasteiger partial charge on any atom is -0.462 e. The summed E-state index contributed by atoms with van der Waals surface area (Å²) in [5.74, 6) is -0.951. The van der Waals surface area contributed by atoms with Gasteiger partial charge < -0.3 is 14.2 Å². The third-order valence-corrected chi connectivity index (χ3v) is 12.7. The summed E-state index contributed by atoms with van der Waals surface area (Å²) in [5, 5.41) is 0. The second-order valence-corrected chi connectivity index (χ2v) is 19.8. The lowest BCUT2D eigenvalue weighted by Gasteiger charge is -2.18. The lowest BCUT2D eigenvalue weighted by Crippen LogP contribution is -2.30. The molecule has 0 aromatic rings. The number of ether oxygens (including phenoxy) is 3. The second kappa shape index (κ2) is 60.6. The molecule has 0 bridgehead atoms. The van der Waals surface area contributed by atoms with E-state index in [9.17, 15) is 14.4 Å². The first kappa shape index (κ1) is 69.1. The molecule has 0 spiro atoms. The van der Waals surface area contributed by atoms with Crippen LogP contribution in [0.25, 0.3) is 0 Å². The van der Waals surface area contributed by atoms with Crippen LogP contribution in [0.2, 0.25) is 0 Å². The van der Waals surface area contributed by atoms with Crippen LogP contribution in [0, 0.1) is 0 Å². The van der Waals surface area contributed by atoms with Gasteiger partial charge in [-0.2, -0.15) is 0 Å². The molecule has 6 heteroatoms. The van der Waals surface area contributed by atoms with E-state index in [0.717, 1.165) is 128 Å². The fraction of sp³-hybridized carbons (Fsp3) is 0.687. The van der Waals surface area contributed by atoms with Gasteiger partial charge in [0.2, 0.25) is 0 Å². The van der Waals surface area contributed by atoms with Gasteiger partial charge in [-0.15, -0.1) is 0 Å². The Morgan fingerprint density at radius 1 is 0.288 bits per heavy atom. The molecule has 0 heterocycles. The van der Waals surface area contributed by atoms with E-state index in [2.05, 4.69) is 130 Å². The molecule has 0 fully saturated rings. The zero-order chi connectivity index (χ0) is 52.9. The zero-order valence-corrected chi connectivity index (χ0v) is 47.6. The van der Waals surface area contributed by atoms with E-state index in [1.807, 2.05) is 0 Å². The van der Waals surface area contributed by atoms with Gasteiger partial charge in [-0.05, 0) is 122 Å². The molecule has 73 heavy (non-hydrogen) atoms. The molecule has 0 aliphatic carbocycles. The maximum absolute atomic E-state index is 12.9. The Bertz CT molecular complexity index is 1490. The minimum absolute atomic E-state index is 0.0987. The molecule has 0 aliphatic rings. The van der Waals surface area contributed by atoms with Crippen molar-refractivity contribution in [2.24, 2.45) is 0 Å². The SMILES string of the molecule is CC/C=C\C/C=C\C/C=C\C/C=C\CCCCCCC(=O)OC(COC(=O)CCCCC/C=C\C/C=C\C/C=C\CC)COC(=O)CCCCCCCCCCCCCCC/C=C\C/C=C\CCCCCCC. The van der Waals surface area contributed by atoms with Gasteiger partial charge in [0, 0.05) is 19.3 Å². The van der Waals surface area contributed by atoms with E-state index >= 15 is 0 Å². The number of esters is 3. The topological polar surface area (TPSA) is 78.9 Å². The van der Waals surface area contributed by atoms with Gasteiger partial charge in [0.1, 0.15) is 13.2 Å². The quantitative estimate of drug-likeness (QED) is 0.0261. The monoisotopic (exact) mass is 1010 g/mol. The fourth-order valence-electron chi connectivity index (χ4n) is 8.24. The highest BCUT2D eigenvalue weighted by atomic mass is 16.6. The molecule has 1 unspecified atom stereocenters. The summed E-state index contributed by atoms with van der Waals surface area (Å²) in [6.07, 6.45) is 82.4. The maximum atomic E-state index is 12.9. The highest BCUT2D eigenvalue weighted by molar-refractivity contribution is 5.71. The molecule has 0 aromatic carbocycles. The summed E-state index contributed by atoms with van der Waals surface area (Å²) in [6.45, 7) is 6.36. The summed E-state index contributed by atoms with van der Waals surface area (Å²) in [5.41, 5.74) is 0. The Kier molecular flexibility index (Phi) is 57.4. The zero-order valence-electron chi connectivity index (χ0n) is 47.6. The highest BCUT2D eigenvalue weighted by Crippen LogP contribution is 2.15. The first-order valence-electron chi connectivity index (χ1n) is 30.4. The molecule has 0 aromatic heterocycles. The molecular weight excluding hydrogens is 901 g/mol. The largest absolute Gasteiger partial charge is 0.462 e. The molecule has 416 valence electrons. The van der Waals surface area contributed by atoms with Crippen molar-refractivity contribution in [2.75, 3.05) is 13.2 Å². The van der Waals surface area contributed by atoms with Crippen molar-refractivity contribution in [3.8, 4) is 0 Å². The van der Waals surface area contributed by atoms with E-state index in [1.165, 1.54) is 109 Å². The minimum atomic E-state index is -0.806. The molecule has 1 atom stereocenters. The number of hydrogen-bond acceptors (Lipinski definition) is 6. The molecule has 6 nitrogen and oxygen atoms in total. The summed E-state index contributed by atoms with van der Waals surface area (Å²) in [7, 11) is 0. The van der Waals surface area contributed by atoms with Gasteiger partial charge in [-0.3, -0.25) is 14.4 Å².